The summed E-state index contributed by atoms with van der Waals surface area (Å²) in [5, 5.41) is 2.65. The fourth-order valence-electron chi connectivity index (χ4n) is 2.14. The molecule has 0 aliphatic carbocycles. The van der Waals surface area contributed by atoms with Gasteiger partial charge in [0.1, 0.15) is 5.75 Å². The van der Waals surface area contributed by atoms with Crippen molar-refractivity contribution in [1.82, 2.24) is 4.72 Å². The molecule has 2 N–H and O–H groups in total. The first-order chi connectivity index (χ1) is 11.8. The largest absolute Gasteiger partial charge is 0.491 e. The molecule has 1 amide bonds. The van der Waals surface area contributed by atoms with Crippen molar-refractivity contribution in [2.75, 3.05) is 11.9 Å². The summed E-state index contributed by atoms with van der Waals surface area (Å²) in [6.07, 6.45) is 0.00546. The minimum atomic E-state index is -3.77. The lowest BCUT2D eigenvalue weighted by Crippen LogP contribution is -2.32. The van der Waals surface area contributed by atoms with Crippen LogP contribution in [0.2, 0.25) is 0 Å². The van der Waals surface area contributed by atoms with Crippen molar-refractivity contribution in [1.29, 1.82) is 0 Å². The van der Waals surface area contributed by atoms with Crippen molar-refractivity contribution in [3.05, 3.63) is 54.1 Å². The monoisotopic (exact) mass is 362 g/mol. The van der Waals surface area contributed by atoms with Gasteiger partial charge in [0.15, 0.2) is 0 Å². The molecule has 134 valence electrons. The number of amides is 1. The van der Waals surface area contributed by atoms with E-state index in [4.69, 9.17) is 4.74 Å². The Hall–Kier alpha value is -2.38. The van der Waals surface area contributed by atoms with Gasteiger partial charge in [-0.1, -0.05) is 12.1 Å². The van der Waals surface area contributed by atoms with Crippen molar-refractivity contribution in [2.45, 2.75) is 31.8 Å². The van der Waals surface area contributed by atoms with Crippen LogP contribution in [0.5, 0.6) is 5.75 Å². The maximum Gasteiger partial charge on any atom is 0.241 e. The number of anilines is 1. The van der Waals surface area contributed by atoms with Crippen molar-refractivity contribution in [3.63, 3.8) is 0 Å². The van der Waals surface area contributed by atoms with Crippen molar-refractivity contribution >= 4 is 21.6 Å². The third-order valence-electron chi connectivity index (χ3n) is 3.23. The summed E-state index contributed by atoms with van der Waals surface area (Å²) in [5.41, 5.74) is 1.63. The average Bonchev–Trinajstić information content (AvgIpc) is 2.53. The molecule has 0 radical (unpaired) electrons. The molecule has 0 heterocycles. The Labute approximate surface area is 148 Å². The maximum atomic E-state index is 12.2. The first-order valence-corrected chi connectivity index (χ1v) is 9.37. The van der Waals surface area contributed by atoms with Crippen molar-refractivity contribution < 1.29 is 17.9 Å². The van der Waals surface area contributed by atoms with Crippen molar-refractivity contribution in [3.8, 4) is 5.75 Å². The smallest absolute Gasteiger partial charge is 0.241 e. The Bertz CT molecular complexity index is 830. The van der Waals surface area contributed by atoms with E-state index < -0.39 is 15.9 Å². The number of sulfonamides is 1. The lowest BCUT2D eigenvalue weighted by molar-refractivity contribution is -0.115. The topological polar surface area (TPSA) is 84.5 Å². The fourth-order valence-corrected chi connectivity index (χ4v) is 3.12. The van der Waals surface area contributed by atoms with Gasteiger partial charge in [-0.25, -0.2) is 13.1 Å². The lowest BCUT2D eigenvalue weighted by atomic mass is 10.2. The highest BCUT2D eigenvalue weighted by molar-refractivity contribution is 7.89. The number of hydrogen-bond acceptors (Lipinski definition) is 4. The van der Waals surface area contributed by atoms with Crippen LogP contribution in [0.15, 0.2) is 53.4 Å². The van der Waals surface area contributed by atoms with E-state index in [-0.39, 0.29) is 17.5 Å². The summed E-state index contributed by atoms with van der Waals surface area (Å²) in [6.45, 7) is 5.34. The number of aryl methyl sites for hydroxylation is 1. The number of carbonyl (C=O) groups excluding carboxylic acids is 1. The molecule has 0 unspecified atom stereocenters. The van der Waals surface area contributed by atoms with E-state index in [1.165, 1.54) is 12.1 Å². The second-order valence-corrected chi connectivity index (χ2v) is 7.65. The van der Waals surface area contributed by atoms with Crippen LogP contribution in [0.4, 0.5) is 5.69 Å². The molecule has 0 aromatic heterocycles. The van der Waals surface area contributed by atoms with E-state index in [0.29, 0.717) is 11.4 Å². The van der Waals surface area contributed by atoms with Crippen LogP contribution in [-0.4, -0.2) is 27.0 Å². The molecule has 0 saturated carbocycles. The standard InChI is InChI=1S/C18H22N2O4S/c1-13(2)24-16-7-9-17(10-8-16)25(22,23)19-12-18(21)20-15-6-4-5-14(3)11-15/h4-11,13,19H,12H2,1-3H3,(H,20,21). The molecule has 25 heavy (non-hydrogen) atoms. The molecular formula is C18H22N2O4S. The van der Waals surface area contributed by atoms with Crippen LogP contribution in [-0.2, 0) is 14.8 Å². The number of hydrogen-bond donors (Lipinski definition) is 2. The van der Waals surface area contributed by atoms with E-state index in [2.05, 4.69) is 10.0 Å². The fraction of sp³-hybridized carbons (Fsp3) is 0.278. The molecule has 0 aliphatic heterocycles. The predicted molar refractivity (Wildman–Crippen MR) is 97.2 cm³/mol. The molecule has 0 saturated heterocycles. The minimum Gasteiger partial charge on any atom is -0.491 e. The molecule has 0 fully saturated rings. The third-order valence-corrected chi connectivity index (χ3v) is 4.65. The second-order valence-electron chi connectivity index (χ2n) is 5.88. The molecule has 0 spiro atoms. The van der Waals surface area contributed by atoms with E-state index in [9.17, 15) is 13.2 Å². The highest BCUT2D eigenvalue weighted by Crippen LogP contribution is 2.17. The van der Waals surface area contributed by atoms with E-state index in [1.54, 1.807) is 24.3 Å². The highest BCUT2D eigenvalue weighted by atomic mass is 32.2. The number of rotatable bonds is 7. The summed E-state index contributed by atoms with van der Waals surface area (Å²) >= 11 is 0. The zero-order valence-corrected chi connectivity index (χ0v) is 15.3. The van der Waals surface area contributed by atoms with Crippen molar-refractivity contribution in [2.24, 2.45) is 0 Å². The first-order valence-electron chi connectivity index (χ1n) is 7.89. The van der Waals surface area contributed by atoms with Gasteiger partial charge in [-0.15, -0.1) is 0 Å². The maximum absolute atomic E-state index is 12.2. The average molecular weight is 362 g/mol. The number of nitrogens with one attached hydrogen (secondary N) is 2. The Balaban J connectivity index is 1.95. The van der Waals surface area contributed by atoms with E-state index >= 15 is 0 Å². The molecule has 2 aromatic rings. The number of ether oxygens (including phenoxy) is 1. The molecule has 2 aromatic carbocycles. The zero-order chi connectivity index (χ0) is 18.4. The van der Waals surface area contributed by atoms with Gasteiger partial charge in [0.05, 0.1) is 17.5 Å². The Kier molecular flexibility index (Phi) is 6.17. The Morgan fingerprint density at radius 2 is 1.80 bits per heavy atom. The van der Waals surface area contributed by atoms with E-state index in [0.717, 1.165) is 5.56 Å². The van der Waals surface area contributed by atoms with Gasteiger partial charge < -0.3 is 10.1 Å². The Morgan fingerprint density at radius 1 is 1.12 bits per heavy atom. The predicted octanol–water partition coefficient (Wildman–Crippen LogP) is 2.70. The van der Waals surface area contributed by atoms with Crippen LogP contribution in [0, 0.1) is 6.92 Å². The number of carbonyl (C=O) groups is 1. The summed E-state index contributed by atoms with van der Waals surface area (Å²) in [7, 11) is -3.77. The lowest BCUT2D eigenvalue weighted by Gasteiger charge is -2.11. The SMILES string of the molecule is Cc1cccc(NC(=O)CNS(=O)(=O)c2ccc(OC(C)C)cc2)c1. The molecule has 6 nitrogen and oxygen atoms in total. The number of benzene rings is 2. The van der Waals surface area contributed by atoms with Crippen LogP contribution in [0.3, 0.4) is 0 Å². The quantitative estimate of drug-likeness (QED) is 0.793. The molecule has 0 bridgehead atoms. The summed E-state index contributed by atoms with van der Waals surface area (Å²) in [6, 6.07) is 13.3. The normalized spacial score (nSPS) is 11.4. The van der Waals surface area contributed by atoms with Gasteiger partial charge in [-0.2, -0.15) is 0 Å². The molecule has 0 atom stereocenters. The summed E-state index contributed by atoms with van der Waals surface area (Å²) in [5.74, 6) is 0.153. The summed E-state index contributed by atoms with van der Waals surface area (Å²) in [4.78, 5) is 12.0. The summed E-state index contributed by atoms with van der Waals surface area (Å²) < 4.78 is 32.3. The second kappa shape index (κ2) is 8.13. The molecule has 7 heteroatoms. The molecule has 2 rings (SSSR count). The molecule has 0 aliphatic rings. The van der Waals surface area contributed by atoms with Gasteiger partial charge >= 0.3 is 0 Å². The van der Waals surface area contributed by atoms with Gasteiger partial charge in [0, 0.05) is 5.69 Å². The Morgan fingerprint density at radius 3 is 2.40 bits per heavy atom. The van der Waals surface area contributed by atoms with Crippen LogP contribution >= 0.6 is 0 Å². The van der Waals surface area contributed by atoms with Gasteiger partial charge in [-0.05, 0) is 62.7 Å². The minimum absolute atomic E-state index is 0.00546. The van der Waals surface area contributed by atoms with Crippen LogP contribution in [0.25, 0.3) is 0 Å². The zero-order valence-electron chi connectivity index (χ0n) is 14.4. The molecular weight excluding hydrogens is 340 g/mol. The highest BCUT2D eigenvalue weighted by Gasteiger charge is 2.15. The van der Waals surface area contributed by atoms with Gasteiger partial charge in [0.25, 0.3) is 0 Å². The van der Waals surface area contributed by atoms with E-state index in [1.807, 2.05) is 32.9 Å². The van der Waals surface area contributed by atoms with Gasteiger partial charge in [-0.3, -0.25) is 4.79 Å². The third kappa shape index (κ3) is 5.88. The van der Waals surface area contributed by atoms with Crippen LogP contribution in [0.1, 0.15) is 19.4 Å². The van der Waals surface area contributed by atoms with Gasteiger partial charge in [0.2, 0.25) is 15.9 Å². The van der Waals surface area contributed by atoms with Crippen LogP contribution < -0.4 is 14.8 Å². The first kappa shape index (κ1) is 19.0.